The molecule has 1 saturated heterocycles. The lowest BCUT2D eigenvalue weighted by atomic mass is 9.89. The monoisotopic (exact) mass is 320 g/mol. The fraction of sp³-hybridized carbons (Fsp3) is 0.571. The molecule has 19 heavy (non-hydrogen) atoms. The molecule has 1 aromatic heterocycles. The molecule has 0 radical (unpaired) electrons. The average Bonchev–Trinajstić information content (AvgIpc) is 2.89. The molecule has 2 nitrogen and oxygen atoms in total. The highest BCUT2D eigenvalue weighted by atomic mass is 35.5. The van der Waals surface area contributed by atoms with Crippen LogP contribution >= 0.6 is 35.3 Å². The Balaban J connectivity index is 0.00000180. The molecular weight excluding hydrogens is 299 g/mol. The Morgan fingerprint density at radius 2 is 2.37 bits per heavy atom. The van der Waals surface area contributed by atoms with Crippen LogP contribution in [0.5, 0.6) is 0 Å². The van der Waals surface area contributed by atoms with Gasteiger partial charge >= 0.3 is 0 Å². The molecule has 0 spiro atoms. The Hall–Kier alpha value is -0.0600. The van der Waals surface area contributed by atoms with Crippen molar-refractivity contribution in [3.63, 3.8) is 0 Å². The molecule has 1 aliphatic heterocycles. The van der Waals surface area contributed by atoms with Gasteiger partial charge in [0.2, 0.25) is 0 Å². The summed E-state index contributed by atoms with van der Waals surface area (Å²) in [6, 6.07) is 4.10. The Bertz CT molecular complexity index is 400. The molecule has 0 saturated carbocycles. The van der Waals surface area contributed by atoms with Gasteiger partial charge in [-0.05, 0) is 30.5 Å². The van der Waals surface area contributed by atoms with Crippen LogP contribution in [0.4, 0.5) is 0 Å². The van der Waals surface area contributed by atoms with E-state index in [2.05, 4.69) is 29.8 Å². The molecule has 0 amide bonds. The maximum atomic E-state index is 5.99. The van der Waals surface area contributed by atoms with Crippen LogP contribution in [0.1, 0.15) is 18.2 Å². The second kappa shape index (κ2) is 7.65. The smallest absolute Gasteiger partial charge is 0.0931 e. The van der Waals surface area contributed by atoms with Gasteiger partial charge in [-0.2, -0.15) is 0 Å². The van der Waals surface area contributed by atoms with E-state index in [1.165, 1.54) is 11.3 Å². The molecule has 0 aliphatic carbocycles. The van der Waals surface area contributed by atoms with Gasteiger partial charge in [-0.1, -0.05) is 24.6 Å². The minimum absolute atomic E-state index is 0. The number of nitrogens with zero attached hydrogens (tertiary/aromatic N) is 1. The van der Waals surface area contributed by atoms with Crippen LogP contribution in [0.25, 0.3) is 0 Å². The van der Waals surface area contributed by atoms with Crippen LogP contribution in [0.3, 0.4) is 0 Å². The third-order valence-corrected chi connectivity index (χ3v) is 4.67. The summed E-state index contributed by atoms with van der Waals surface area (Å²) in [5.74, 6) is 0. The van der Waals surface area contributed by atoms with Gasteiger partial charge in [0.05, 0.1) is 4.34 Å². The topological polar surface area (TPSA) is 15.3 Å². The zero-order valence-electron chi connectivity index (χ0n) is 11.3. The van der Waals surface area contributed by atoms with E-state index in [0.29, 0.717) is 5.41 Å². The van der Waals surface area contributed by atoms with Crippen molar-refractivity contribution in [3.8, 4) is 0 Å². The van der Waals surface area contributed by atoms with Crippen LogP contribution in [0.15, 0.2) is 24.8 Å². The summed E-state index contributed by atoms with van der Waals surface area (Å²) in [5.41, 5.74) is 0.393. The number of nitrogens with one attached hydrogen (secondary N) is 1. The summed E-state index contributed by atoms with van der Waals surface area (Å²) < 4.78 is 0.872. The lowest BCUT2D eigenvalue weighted by molar-refractivity contribution is 0.187. The molecule has 2 heterocycles. The van der Waals surface area contributed by atoms with Gasteiger partial charge in [-0.25, -0.2) is 0 Å². The van der Waals surface area contributed by atoms with Gasteiger partial charge in [0.1, 0.15) is 0 Å². The second-order valence-corrected chi connectivity index (χ2v) is 7.20. The molecule has 108 valence electrons. The lowest BCUT2D eigenvalue weighted by Crippen LogP contribution is -2.37. The highest BCUT2D eigenvalue weighted by molar-refractivity contribution is 7.16. The normalized spacial score (nSPS) is 22.5. The number of rotatable bonds is 6. The van der Waals surface area contributed by atoms with Crippen molar-refractivity contribution in [1.29, 1.82) is 0 Å². The molecule has 1 unspecified atom stereocenters. The van der Waals surface area contributed by atoms with E-state index < -0.39 is 0 Å². The van der Waals surface area contributed by atoms with Crippen molar-refractivity contribution in [2.45, 2.75) is 19.9 Å². The van der Waals surface area contributed by atoms with E-state index >= 15 is 0 Å². The third kappa shape index (κ3) is 5.09. The van der Waals surface area contributed by atoms with Crippen LogP contribution in [-0.2, 0) is 6.54 Å². The first-order chi connectivity index (χ1) is 8.61. The van der Waals surface area contributed by atoms with E-state index in [9.17, 15) is 0 Å². The zero-order valence-corrected chi connectivity index (χ0v) is 13.7. The van der Waals surface area contributed by atoms with Crippen molar-refractivity contribution in [2.75, 3.05) is 26.2 Å². The first-order valence-corrected chi connectivity index (χ1v) is 7.59. The van der Waals surface area contributed by atoms with E-state index in [0.717, 1.165) is 37.1 Å². The summed E-state index contributed by atoms with van der Waals surface area (Å²) in [4.78, 5) is 3.79. The minimum atomic E-state index is 0. The lowest BCUT2D eigenvalue weighted by Gasteiger charge is -2.31. The van der Waals surface area contributed by atoms with E-state index in [-0.39, 0.29) is 12.4 Å². The highest BCUT2D eigenvalue weighted by Gasteiger charge is 2.30. The Morgan fingerprint density at radius 1 is 1.58 bits per heavy atom. The fourth-order valence-corrected chi connectivity index (χ4v) is 3.70. The molecular formula is C14H22Cl2N2S. The van der Waals surface area contributed by atoms with Crippen molar-refractivity contribution < 1.29 is 0 Å². The molecule has 1 aromatic rings. The highest BCUT2D eigenvalue weighted by Crippen LogP contribution is 2.28. The standard InChI is InChI=1S/C14H21ClN2S.ClH/c1-3-8-17(9-12-4-5-13(15)18-12)11-14(2)6-7-16-10-14;/h3-5,16H,1,6-11H2,2H3;1H. The van der Waals surface area contributed by atoms with Crippen LogP contribution in [0, 0.1) is 5.41 Å². The van der Waals surface area contributed by atoms with Gasteiger partial charge in [0.25, 0.3) is 0 Å². The van der Waals surface area contributed by atoms with Crippen LogP contribution in [0.2, 0.25) is 4.34 Å². The maximum Gasteiger partial charge on any atom is 0.0931 e. The van der Waals surface area contributed by atoms with Crippen molar-refractivity contribution in [1.82, 2.24) is 10.2 Å². The predicted octanol–water partition coefficient (Wildman–Crippen LogP) is 3.81. The first-order valence-electron chi connectivity index (χ1n) is 6.39. The van der Waals surface area contributed by atoms with Crippen LogP contribution in [-0.4, -0.2) is 31.1 Å². The number of thiophene rings is 1. The molecule has 0 bridgehead atoms. The van der Waals surface area contributed by atoms with E-state index in [1.807, 2.05) is 12.1 Å². The number of halogens is 2. The van der Waals surface area contributed by atoms with Gasteiger partial charge in [0, 0.05) is 31.1 Å². The zero-order chi connectivity index (χ0) is 13.0. The molecule has 1 N–H and O–H groups in total. The molecule has 1 fully saturated rings. The van der Waals surface area contributed by atoms with E-state index in [1.54, 1.807) is 11.3 Å². The quantitative estimate of drug-likeness (QED) is 0.802. The van der Waals surface area contributed by atoms with Crippen molar-refractivity contribution >= 4 is 35.3 Å². The second-order valence-electron chi connectivity index (χ2n) is 5.40. The van der Waals surface area contributed by atoms with Gasteiger partial charge in [-0.15, -0.1) is 30.3 Å². The summed E-state index contributed by atoms with van der Waals surface area (Å²) in [7, 11) is 0. The largest absolute Gasteiger partial charge is 0.316 e. The SMILES string of the molecule is C=CCN(Cc1ccc(Cl)s1)CC1(C)CCNC1.Cl. The minimum Gasteiger partial charge on any atom is -0.316 e. The number of hydrogen-bond donors (Lipinski definition) is 1. The first kappa shape index (κ1) is 17.0. The van der Waals surface area contributed by atoms with Gasteiger partial charge < -0.3 is 5.32 Å². The molecule has 0 aromatic carbocycles. The van der Waals surface area contributed by atoms with Crippen LogP contribution < -0.4 is 5.32 Å². The Kier molecular flexibility index (Phi) is 6.84. The third-order valence-electron chi connectivity index (χ3n) is 3.46. The summed E-state index contributed by atoms with van der Waals surface area (Å²) in [6.07, 6.45) is 3.24. The Morgan fingerprint density at radius 3 is 2.89 bits per heavy atom. The average molecular weight is 321 g/mol. The summed E-state index contributed by atoms with van der Waals surface area (Å²) >= 11 is 7.66. The summed E-state index contributed by atoms with van der Waals surface area (Å²) in [5, 5.41) is 3.46. The predicted molar refractivity (Wildman–Crippen MR) is 87.6 cm³/mol. The number of hydrogen-bond acceptors (Lipinski definition) is 3. The molecule has 5 heteroatoms. The van der Waals surface area contributed by atoms with Crippen molar-refractivity contribution in [2.24, 2.45) is 5.41 Å². The molecule has 1 atom stereocenters. The summed E-state index contributed by atoms with van der Waals surface area (Å²) in [6.45, 7) is 11.5. The van der Waals surface area contributed by atoms with Gasteiger partial charge in [-0.3, -0.25) is 4.90 Å². The Labute approximate surface area is 131 Å². The van der Waals surface area contributed by atoms with E-state index in [4.69, 9.17) is 11.6 Å². The molecule has 1 aliphatic rings. The van der Waals surface area contributed by atoms with Crippen molar-refractivity contribution in [3.05, 3.63) is 34.0 Å². The molecule has 2 rings (SSSR count). The maximum absolute atomic E-state index is 5.99. The van der Waals surface area contributed by atoms with Gasteiger partial charge in [0.15, 0.2) is 0 Å². The fourth-order valence-electron chi connectivity index (χ4n) is 2.57.